The predicted octanol–water partition coefficient (Wildman–Crippen LogP) is 5.72. The summed E-state index contributed by atoms with van der Waals surface area (Å²) in [5.41, 5.74) is 4.71. The standard InChI is InChI=1S/C27H27N3O4/c1-32-20-11-12-21(25(16-20)33-2)19-10-13-22-23(15-19)29-26(28-22)24-9-6-14-30(24)27(31)34-17-18-7-4-3-5-8-18/h3-5,7-8,10-13,15-16,24H,6,9,14,17H2,1-2H3,(H,28,29). The summed E-state index contributed by atoms with van der Waals surface area (Å²) in [6.07, 6.45) is 1.45. The fraction of sp³-hybridized carbons (Fsp3) is 0.259. The van der Waals surface area contributed by atoms with Gasteiger partial charge >= 0.3 is 6.09 Å². The van der Waals surface area contributed by atoms with Crippen LogP contribution in [0.25, 0.3) is 22.2 Å². The Morgan fingerprint density at radius 2 is 1.91 bits per heavy atom. The number of hydrogen-bond donors (Lipinski definition) is 1. The number of rotatable bonds is 6. The molecule has 1 saturated heterocycles. The maximum Gasteiger partial charge on any atom is 0.410 e. The Morgan fingerprint density at radius 1 is 1.06 bits per heavy atom. The van der Waals surface area contributed by atoms with Crippen molar-refractivity contribution >= 4 is 17.1 Å². The van der Waals surface area contributed by atoms with Crippen LogP contribution < -0.4 is 9.47 Å². The van der Waals surface area contributed by atoms with Gasteiger partial charge in [-0.3, -0.25) is 4.90 Å². The first-order valence-corrected chi connectivity index (χ1v) is 11.4. The number of fused-ring (bicyclic) bond motifs is 1. The Labute approximate surface area is 198 Å². The number of imidazole rings is 1. The number of ether oxygens (including phenoxy) is 3. The van der Waals surface area contributed by atoms with Crippen molar-refractivity contribution in [2.45, 2.75) is 25.5 Å². The number of aromatic amines is 1. The topological polar surface area (TPSA) is 76.7 Å². The van der Waals surface area contributed by atoms with Gasteiger partial charge in [0, 0.05) is 18.2 Å². The van der Waals surface area contributed by atoms with Crippen molar-refractivity contribution in [3.8, 4) is 22.6 Å². The third-order valence-electron chi connectivity index (χ3n) is 6.23. The molecule has 174 valence electrons. The van der Waals surface area contributed by atoms with E-state index in [-0.39, 0.29) is 18.7 Å². The zero-order valence-electron chi connectivity index (χ0n) is 19.3. The molecule has 0 saturated carbocycles. The number of aromatic nitrogens is 2. The molecule has 1 aliphatic heterocycles. The highest BCUT2D eigenvalue weighted by Crippen LogP contribution is 2.36. The Bertz CT molecular complexity index is 1300. The van der Waals surface area contributed by atoms with E-state index in [1.165, 1.54) is 0 Å². The summed E-state index contributed by atoms with van der Waals surface area (Å²) in [6, 6.07) is 21.4. The predicted molar refractivity (Wildman–Crippen MR) is 130 cm³/mol. The molecule has 1 amide bonds. The summed E-state index contributed by atoms with van der Waals surface area (Å²) in [5.74, 6) is 2.26. The lowest BCUT2D eigenvalue weighted by molar-refractivity contribution is 0.0910. The van der Waals surface area contributed by atoms with Gasteiger partial charge in [-0.15, -0.1) is 0 Å². The lowest BCUT2D eigenvalue weighted by Gasteiger charge is -2.22. The van der Waals surface area contributed by atoms with Gasteiger partial charge in [-0.05, 0) is 48.2 Å². The van der Waals surface area contributed by atoms with Crippen LogP contribution in [0, 0.1) is 0 Å². The van der Waals surface area contributed by atoms with Crippen LogP contribution in [0.3, 0.4) is 0 Å². The zero-order valence-corrected chi connectivity index (χ0v) is 19.3. The van der Waals surface area contributed by atoms with E-state index >= 15 is 0 Å². The highest BCUT2D eigenvalue weighted by molar-refractivity contribution is 5.84. The minimum atomic E-state index is -0.310. The normalized spacial score (nSPS) is 15.5. The molecule has 3 aromatic carbocycles. The quantitative estimate of drug-likeness (QED) is 0.401. The monoisotopic (exact) mass is 457 g/mol. The van der Waals surface area contributed by atoms with E-state index in [2.05, 4.69) is 11.1 Å². The molecule has 0 radical (unpaired) electrons. The first-order valence-electron chi connectivity index (χ1n) is 11.4. The maximum absolute atomic E-state index is 12.8. The third-order valence-corrected chi connectivity index (χ3v) is 6.23. The molecule has 5 rings (SSSR count). The van der Waals surface area contributed by atoms with Crippen LogP contribution in [-0.4, -0.2) is 41.7 Å². The molecule has 1 N–H and O–H groups in total. The van der Waals surface area contributed by atoms with Crippen LogP contribution in [0.1, 0.15) is 30.3 Å². The smallest absolute Gasteiger partial charge is 0.410 e. The van der Waals surface area contributed by atoms with Crippen molar-refractivity contribution in [1.29, 1.82) is 0 Å². The van der Waals surface area contributed by atoms with Crippen LogP contribution >= 0.6 is 0 Å². The first kappa shape index (κ1) is 21.8. The van der Waals surface area contributed by atoms with E-state index in [9.17, 15) is 4.79 Å². The number of nitrogens with one attached hydrogen (secondary N) is 1. The number of benzene rings is 3. The summed E-state index contributed by atoms with van der Waals surface area (Å²) in [5, 5.41) is 0. The van der Waals surface area contributed by atoms with E-state index in [4.69, 9.17) is 19.2 Å². The molecule has 2 heterocycles. The summed E-state index contributed by atoms with van der Waals surface area (Å²) in [6.45, 7) is 0.916. The van der Waals surface area contributed by atoms with Crippen LogP contribution in [0.4, 0.5) is 4.79 Å². The number of hydrogen-bond acceptors (Lipinski definition) is 5. The minimum absolute atomic E-state index is 0.130. The van der Waals surface area contributed by atoms with Crippen molar-refractivity contribution in [2.24, 2.45) is 0 Å². The molecule has 1 fully saturated rings. The van der Waals surface area contributed by atoms with Crippen molar-refractivity contribution in [1.82, 2.24) is 14.9 Å². The zero-order chi connectivity index (χ0) is 23.5. The molecule has 0 aliphatic carbocycles. The number of H-pyrrole nitrogens is 1. The second-order valence-corrected chi connectivity index (χ2v) is 8.31. The van der Waals surface area contributed by atoms with Gasteiger partial charge in [-0.2, -0.15) is 0 Å². The molecule has 1 atom stereocenters. The lowest BCUT2D eigenvalue weighted by Crippen LogP contribution is -2.31. The Balaban J connectivity index is 1.37. The second kappa shape index (κ2) is 9.47. The van der Waals surface area contributed by atoms with Gasteiger partial charge in [0.05, 0.1) is 31.3 Å². The summed E-state index contributed by atoms with van der Waals surface area (Å²) < 4.78 is 16.5. The fourth-order valence-corrected chi connectivity index (χ4v) is 4.46. The van der Waals surface area contributed by atoms with Gasteiger partial charge in [0.2, 0.25) is 0 Å². The molecule has 0 spiro atoms. The van der Waals surface area contributed by atoms with Gasteiger partial charge in [-0.25, -0.2) is 9.78 Å². The molecule has 4 aromatic rings. The van der Waals surface area contributed by atoms with Gasteiger partial charge in [-0.1, -0.05) is 36.4 Å². The molecule has 7 heteroatoms. The molecule has 34 heavy (non-hydrogen) atoms. The maximum atomic E-state index is 12.8. The molecule has 1 aliphatic rings. The third kappa shape index (κ3) is 4.29. The van der Waals surface area contributed by atoms with Crippen molar-refractivity contribution in [3.05, 3.63) is 78.1 Å². The number of carbonyl (C=O) groups is 1. The van der Waals surface area contributed by atoms with Crippen molar-refractivity contribution < 1.29 is 19.0 Å². The van der Waals surface area contributed by atoms with Gasteiger partial charge in [0.1, 0.15) is 23.9 Å². The minimum Gasteiger partial charge on any atom is -0.497 e. The van der Waals surface area contributed by atoms with E-state index in [0.29, 0.717) is 6.54 Å². The molecule has 1 unspecified atom stereocenters. The highest BCUT2D eigenvalue weighted by atomic mass is 16.6. The van der Waals surface area contributed by atoms with E-state index in [0.717, 1.165) is 57.9 Å². The Hall–Kier alpha value is -4.00. The van der Waals surface area contributed by atoms with E-state index in [1.807, 2.05) is 60.7 Å². The summed E-state index contributed by atoms with van der Waals surface area (Å²) >= 11 is 0. The first-order chi connectivity index (χ1) is 16.7. The number of methoxy groups -OCH3 is 2. The van der Waals surface area contributed by atoms with Gasteiger partial charge in [0.15, 0.2) is 0 Å². The lowest BCUT2D eigenvalue weighted by atomic mass is 10.0. The number of likely N-dealkylation sites (tertiary alicyclic amines) is 1. The van der Waals surface area contributed by atoms with Gasteiger partial charge < -0.3 is 19.2 Å². The number of carbonyl (C=O) groups excluding carboxylic acids is 1. The van der Waals surface area contributed by atoms with Crippen LogP contribution in [0.2, 0.25) is 0 Å². The van der Waals surface area contributed by atoms with Crippen LogP contribution in [0.15, 0.2) is 66.7 Å². The van der Waals surface area contributed by atoms with Crippen LogP contribution in [-0.2, 0) is 11.3 Å². The fourth-order valence-electron chi connectivity index (χ4n) is 4.46. The van der Waals surface area contributed by atoms with Crippen molar-refractivity contribution in [3.63, 3.8) is 0 Å². The van der Waals surface area contributed by atoms with E-state index < -0.39 is 0 Å². The number of nitrogens with zero attached hydrogens (tertiary/aromatic N) is 2. The average Bonchev–Trinajstić information content (AvgIpc) is 3.54. The van der Waals surface area contributed by atoms with Crippen LogP contribution in [0.5, 0.6) is 11.5 Å². The molecule has 7 nitrogen and oxygen atoms in total. The number of amides is 1. The molecule has 1 aromatic heterocycles. The summed E-state index contributed by atoms with van der Waals surface area (Å²) in [4.78, 5) is 22.8. The molecular weight excluding hydrogens is 430 g/mol. The van der Waals surface area contributed by atoms with Crippen molar-refractivity contribution in [2.75, 3.05) is 20.8 Å². The Morgan fingerprint density at radius 3 is 2.71 bits per heavy atom. The summed E-state index contributed by atoms with van der Waals surface area (Å²) in [7, 11) is 3.28. The highest BCUT2D eigenvalue weighted by Gasteiger charge is 2.33. The second-order valence-electron chi connectivity index (χ2n) is 8.31. The van der Waals surface area contributed by atoms with Gasteiger partial charge in [0.25, 0.3) is 0 Å². The molecular formula is C27H27N3O4. The Kier molecular flexibility index (Phi) is 6.08. The largest absolute Gasteiger partial charge is 0.497 e. The average molecular weight is 458 g/mol. The van der Waals surface area contributed by atoms with E-state index in [1.54, 1.807) is 19.1 Å². The molecule has 0 bridgehead atoms. The SMILES string of the molecule is COc1ccc(-c2ccc3nc(C4CCCN4C(=O)OCc4ccccc4)[nH]c3c2)c(OC)c1.